The molecule has 5 aromatic carbocycles. The molecule has 0 amide bonds. The molecule has 0 bridgehead atoms. The van der Waals surface area contributed by atoms with Crippen molar-refractivity contribution < 1.29 is 0 Å². The Balaban J connectivity index is 0.946. The largest absolute Gasteiger partial charge is 0.256 e. The van der Waals surface area contributed by atoms with Crippen LogP contribution in [0.1, 0.15) is 0 Å². The van der Waals surface area contributed by atoms with E-state index < -0.39 is 0 Å². The van der Waals surface area contributed by atoms with Gasteiger partial charge in [-0.3, -0.25) is 9.97 Å². The fourth-order valence-corrected chi connectivity index (χ4v) is 6.92. The maximum Gasteiger partial charge on any atom is 0.0972 e. The van der Waals surface area contributed by atoms with Gasteiger partial charge in [-0.2, -0.15) is 0 Å². The van der Waals surface area contributed by atoms with Gasteiger partial charge in [0, 0.05) is 56.0 Å². The first kappa shape index (κ1) is 28.2. The van der Waals surface area contributed by atoms with Gasteiger partial charge in [0.15, 0.2) is 0 Å². The van der Waals surface area contributed by atoms with Crippen LogP contribution >= 0.6 is 0 Å². The molecule has 0 saturated heterocycles. The summed E-state index contributed by atoms with van der Waals surface area (Å²) in [7, 11) is 0. The Morgan fingerprint density at radius 3 is 1.66 bits per heavy atom. The van der Waals surface area contributed by atoms with Gasteiger partial charge in [0.05, 0.1) is 44.7 Å². The second-order valence-electron chi connectivity index (χ2n) is 12.6. The van der Waals surface area contributed by atoms with Crippen molar-refractivity contribution in [2.45, 2.75) is 0 Å². The molecule has 232 valence electrons. The number of pyridine rings is 5. The fraction of sp³-hybridized carbons (Fsp3) is 0. The first-order valence-corrected chi connectivity index (χ1v) is 16.7. The van der Waals surface area contributed by atoms with Crippen molar-refractivity contribution in [3.63, 3.8) is 0 Å². The van der Waals surface area contributed by atoms with E-state index in [1.807, 2.05) is 24.5 Å². The third-order valence-electron chi connectivity index (χ3n) is 9.53. The van der Waals surface area contributed by atoms with Gasteiger partial charge in [0.1, 0.15) is 0 Å². The number of hydrogen-bond donors (Lipinski definition) is 0. The Morgan fingerprint density at radius 1 is 0.300 bits per heavy atom. The van der Waals surface area contributed by atoms with E-state index >= 15 is 0 Å². The minimum atomic E-state index is 0.918. The Morgan fingerprint density at radius 2 is 0.840 bits per heavy atom. The number of aromatic nitrogens is 5. The first-order valence-electron chi connectivity index (χ1n) is 16.7. The van der Waals surface area contributed by atoms with E-state index in [0.717, 1.165) is 99.4 Å². The Hall–Kier alpha value is -6.85. The van der Waals surface area contributed by atoms with Crippen molar-refractivity contribution in [1.82, 2.24) is 24.9 Å². The molecule has 5 nitrogen and oxygen atoms in total. The Kier molecular flexibility index (Phi) is 6.42. The molecule has 0 radical (unpaired) electrons. The third-order valence-corrected chi connectivity index (χ3v) is 9.53. The quantitative estimate of drug-likeness (QED) is 0.180. The van der Waals surface area contributed by atoms with E-state index in [1.165, 1.54) is 0 Å². The molecule has 5 heteroatoms. The van der Waals surface area contributed by atoms with Gasteiger partial charge in [-0.25, -0.2) is 15.0 Å². The number of fused-ring (bicyclic) bond motifs is 6. The van der Waals surface area contributed by atoms with Crippen LogP contribution in [0.15, 0.2) is 164 Å². The average Bonchev–Trinajstić information content (AvgIpc) is 3.19. The van der Waals surface area contributed by atoms with Gasteiger partial charge in [-0.15, -0.1) is 0 Å². The van der Waals surface area contributed by atoms with E-state index in [1.54, 1.807) is 0 Å². The Labute approximate surface area is 287 Å². The standard InChI is InChI=1S/C45H27N5/c1-4-31-5-2-24-46-43(31)37(7-1)41-23-16-30-12-15-35(27-42(30)49-41)34-18-21-40-36(26-34)19-22-38(48-40)28-8-10-29(11-9-28)39-20-17-33-14-13-32-6-3-25-47-44(32)45(33)50-39/h1-27H. The molecule has 5 aromatic heterocycles. The Bertz CT molecular complexity index is 2930. The van der Waals surface area contributed by atoms with Crippen LogP contribution < -0.4 is 0 Å². The van der Waals surface area contributed by atoms with Gasteiger partial charge >= 0.3 is 0 Å². The normalized spacial score (nSPS) is 11.6. The minimum absolute atomic E-state index is 0.918. The summed E-state index contributed by atoms with van der Waals surface area (Å²) in [5.74, 6) is 0. The van der Waals surface area contributed by atoms with Crippen LogP contribution in [0.5, 0.6) is 0 Å². The molecular formula is C45H27N5. The summed E-state index contributed by atoms with van der Waals surface area (Å²) in [6.07, 6.45) is 3.66. The summed E-state index contributed by atoms with van der Waals surface area (Å²) in [5.41, 5.74) is 12.9. The maximum absolute atomic E-state index is 5.08. The third kappa shape index (κ3) is 4.83. The molecule has 0 spiro atoms. The van der Waals surface area contributed by atoms with E-state index in [4.69, 9.17) is 15.0 Å². The molecule has 5 heterocycles. The topological polar surface area (TPSA) is 64.5 Å². The second kappa shape index (κ2) is 11.4. The molecule has 50 heavy (non-hydrogen) atoms. The number of nitrogens with zero attached hydrogens (tertiary/aromatic N) is 5. The van der Waals surface area contributed by atoms with Gasteiger partial charge < -0.3 is 0 Å². The molecule has 0 N–H and O–H groups in total. The van der Waals surface area contributed by atoms with Gasteiger partial charge in [-0.05, 0) is 59.7 Å². The van der Waals surface area contributed by atoms with Crippen LogP contribution in [0, 0.1) is 0 Å². The lowest BCUT2D eigenvalue weighted by Gasteiger charge is -2.09. The predicted molar refractivity (Wildman–Crippen MR) is 205 cm³/mol. The summed E-state index contributed by atoms with van der Waals surface area (Å²) in [6, 6.07) is 52.6. The summed E-state index contributed by atoms with van der Waals surface area (Å²) in [5, 5.41) is 5.48. The van der Waals surface area contributed by atoms with Gasteiger partial charge in [0.25, 0.3) is 0 Å². The van der Waals surface area contributed by atoms with Crippen LogP contribution in [0.25, 0.3) is 99.4 Å². The lowest BCUT2D eigenvalue weighted by atomic mass is 10.00. The van der Waals surface area contributed by atoms with Crippen molar-refractivity contribution in [3.8, 4) is 44.9 Å². The molecule has 0 aliphatic rings. The smallest absolute Gasteiger partial charge is 0.0972 e. The van der Waals surface area contributed by atoms with E-state index in [0.29, 0.717) is 0 Å². The van der Waals surface area contributed by atoms with Crippen LogP contribution in [-0.2, 0) is 0 Å². The van der Waals surface area contributed by atoms with Gasteiger partial charge in [0.2, 0.25) is 0 Å². The minimum Gasteiger partial charge on any atom is -0.256 e. The zero-order chi connectivity index (χ0) is 33.0. The van der Waals surface area contributed by atoms with Crippen LogP contribution in [0.4, 0.5) is 0 Å². The molecule has 0 unspecified atom stereocenters. The molecule has 0 aliphatic heterocycles. The van der Waals surface area contributed by atoms with Crippen molar-refractivity contribution >= 4 is 54.5 Å². The lowest BCUT2D eigenvalue weighted by molar-refractivity contribution is 1.36. The highest BCUT2D eigenvalue weighted by Crippen LogP contribution is 2.32. The number of benzene rings is 5. The van der Waals surface area contributed by atoms with Crippen LogP contribution in [0.3, 0.4) is 0 Å². The van der Waals surface area contributed by atoms with Crippen LogP contribution in [0.2, 0.25) is 0 Å². The molecule has 0 aliphatic carbocycles. The lowest BCUT2D eigenvalue weighted by Crippen LogP contribution is -1.90. The zero-order valence-corrected chi connectivity index (χ0v) is 26.8. The number of hydrogen-bond acceptors (Lipinski definition) is 5. The molecule has 0 fully saturated rings. The van der Waals surface area contributed by atoms with E-state index in [2.05, 4.69) is 149 Å². The number of para-hydroxylation sites is 1. The SMILES string of the molecule is c1cnc2c(-c3ccc4ccc(-c5ccc6nc(-c7ccc(-c8ccc9ccc%10cccnc%10c9n8)cc7)ccc6c5)cc4n3)cccc2c1. The summed E-state index contributed by atoms with van der Waals surface area (Å²) < 4.78 is 0. The summed E-state index contributed by atoms with van der Waals surface area (Å²) in [4.78, 5) is 24.4. The second-order valence-corrected chi connectivity index (χ2v) is 12.6. The molecule has 0 saturated carbocycles. The number of rotatable bonds is 4. The summed E-state index contributed by atoms with van der Waals surface area (Å²) in [6.45, 7) is 0. The van der Waals surface area contributed by atoms with E-state index in [-0.39, 0.29) is 0 Å². The molecular weight excluding hydrogens is 611 g/mol. The summed E-state index contributed by atoms with van der Waals surface area (Å²) >= 11 is 0. The molecule has 0 atom stereocenters. The first-order chi connectivity index (χ1) is 24.7. The highest BCUT2D eigenvalue weighted by atomic mass is 14.8. The molecule has 10 rings (SSSR count). The highest BCUT2D eigenvalue weighted by molar-refractivity contribution is 6.03. The van der Waals surface area contributed by atoms with Crippen molar-refractivity contribution in [1.29, 1.82) is 0 Å². The fourth-order valence-electron chi connectivity index (χ4n) is 6.92. The monoisotopic (exact) mass is 637 g/mol. The predicted octanol–water partition coefficient (Wildman–Crippen LogP) is 11.1. The highest BCUT2D eigenvalue weighted by Gasteiger charge is 2.11. The van der Waals surface area contributed by atoms with E-state index in [9.17, 15) is 0 Å². The van der Waals surface area contributed by atoms with Crippen molar-refractivity contribution in [2.24, 2.45) is 0 Å². The maximum atomic E-state index is 5.08. The molecule has 10 aromatic rings. The van der Waals surface area contributed by atoms with Crippen LogP contribution in [-0.4, -0.2) is 24.9 Å². The average molecular weight is 638 g/mol. The zero-order valence-electron chi connectivity index (χ0n) is 26.8. The van der Waals surface area contributed by atoms with Crippen molar-refractivity contribution in [3.05, 3.63) is 164 Å². The van der Waals surface area contributed by atoms with Crippen molar-refractivity contribution in [2.75, 3.05) is 0 Å². The van der Waals surface area contributed by atoms with Gasteiger partial charge in [-0.1, -0.05) is 103 Å².